The van der Waals surface area contributed by atoms with Gasteiger partial charge in [-0.2, -0.15) is 5.10 Å². The summed E-state index contributed by atoms with van der Waals surface area (Å²) >= 11 is 11.6. The molecule has 0 aliphatic heterocycles. The van der Waals surface area contributed by atoms with Crippen LogP contribution >= 0.6 is 23.8 Å². The minimum Gasteiger partial charge on any atom is -0.494 e. The highest BCUT2D eigenvalue weighted by molar-refractivity contribution is 7.80. The second kappa shape index (κ2) is 14.0. The van der Waals surface area contributed by atoms with Gasteiger partial charge < -0.3 is 10.1 Å². The number of anilines is 1. The zero-order chi connectivity index (χ0) is 20.7. The summed E-state index contributed by atoms with van der Waals surface area (Å²) in [6.07, 6.45) is 10.5. The quantitative estimate of drug-likeness (QED) is 0.168. The van der Waals surface area contributed by atoms with Crippen LogP contribution in [0.3, 0.4) is 0 Å². The van der Waals surface area contributed by atoms with E-state index in [1.54, 1.807) is 6.21 Å². The summed E-state index contributed by atoms with van der Waals surface area (Å²) < 4.78 is 5.80. The first-order valence-corrected chi connectivity index (χ1v) is 11.0. The lowest BCUT2D eigenvalue weighted by Gasteiger charge is -2.08. The van der Waals surface area contributed by atoms with E-state index in [1.807, 2.05) is 48.5 Å². The summed E-state index contributed by atoms with van der Waals surface area (Å²) in [5.74, 6) is 0.785. The Morgan fingerprint density at radius 3 is 2.48 bits per heavy atom. The van der Waals surface area contributed by atoms with Crippen molar-refractivity contribution in [3.63, 3.8) is 0 Å². The Morgan fingerprint density at radius 1 is 1.03 bits per heavy atom. The lowest BCUT2D eigenvalue weighted by atomic mass is 10.1. The van der Waals surface area contributed by atoms with Crippen molar-refractivity contribution in [2.24, 2.45) is 5.10 Å². The first-order valence-electron chi connectivity index (χ1n) is 10.3. The number of ether oxygens (including phenoxy) is 1. The molecule has 4 nitrogen and oxygen atoms in total. The number of rotatable bonds is 12. The summed E-state index contributed by atoms with van der Waals surface area (Å²) in [6.45, 7) is 2.96. The molecule has 0 spiro atoms. The summed E-state index contributed by atoms with van der Waals surface area (Å²) in [5.41, 5.74) is 4.49. The summed E-state index contributed by atoms with van der Waals surface area (Å²) in [6, 6.07) is 15.3. The highest BCUT2D eigenvalue weighted by atomic mass is 35.5. The molecule has 0 atom stereocenters. The standard InChI is InChI=1S/C23H30ClN3OS/c1-2-3-4-5-6-7-11-16-28-21-15-14-19(22(24)17-21)18-25-27-23(29)26-20-12-9-8-10-13-20/h8-10,12-15,17-18H,2-7,11,16H2,1H3,(H2,26,27,29)/b25-18+. The third-order valence-corrected chi connectivity index (χ3v) is 4.91. The number of unbranched alkanes of at least 4 members (excludes halogenated alkanes) is 6. The molecule has 6 heteroatoms. The van der Waals surface area contributed by atoms with Crippen molar-refractivity contribution in [3.8, 4) is 5.75 Å². The van der Waals surface area contributed by atoms with E-state index in [0.717, 1.165) is 30.0 Å². The van der Waals surface area contributed by atoms with Crippen molar-refractivity contribution in [1.82, 2.24) is 5.43 Å². The predicted octanol–water partition coefficient (Wildman–Crippen LogP) is 6.79. The van der Waals surface area contributed by atoms with Gasteiger partial charge in [-0.3, -0.25) is 5.43 Å². The van der Waals surface area contributed by atoms with Crippen molar-refractivity contribution < 1.29 is 4.74 Å². The molecule has 0 radical (unpaired) electrons. The zero-order valence-electron chi connectivity index (χ0n) is 17.0. The van der Waals surface area contributed by atoms with Crippen molar-refractivity contribution in [1.29, 1.82) is 0 Å². The Kier molecular flexibility index (Phi) is 11.2. The molecule has 0 fully saturated rings. The van der Waals surface area contributed by atoms with Crippen LogP contribution in [0.25, 0.3) is 0 Å². The highest BCUT2D eigenvalue weighted by Crippen LogP contribution is 2.21. The number of para-hydroxylation sites is 1. The average molecular weight is 432 g/mol. The van der Waals surface area contributed by atoms with Gasteiger partial charge in [0.15, 0.2) is 5.11 Å². The Labute approximate surface area is 184 Å². The molecule has 0 aliphatic carbocycles. The summed E-state index contributed by atoms with van der Waals surface area (Å²) in [4.78, 5) is 0. The molecular weight excluding hydrogens is 402 g/mol. The predicted molar refractivity (Wildman–Crippen MR) is 128 cm³/mol. The molecule has 2 N–H and O–H groups in total. The Balaban J connectivity index is 1.69. The van der Waals surface area contributed by atoms with Gasteiger partial charge in [0.25, 0.3) is 0 Å². The second-order valence-electron chi connectivity index (χ2n) is 6.84. The van der Waals surface area contributed by atoms with E-state index in [-0.39, 0.29) is 0 Å². The van der Waals surface area contributed by atoms with Crippen LogP contribution < -0.4 is 15.5 Å². The van der Waals surface area contributed by atoms with Crippen molar-refractivity contribution in [2.75, 3.05) is 11.9 Å². The van der Waals surface area contributed by atoms with Crippen LogP contribution in [0.2, 0.25) is 5.02 Å². The van der Waals surface area contributed by atoms with Gasteiger partial charge in [-0.05, 0) is 49.0 Å². The number of thiocarbonyl (C=S) groups is 1. The van der Waals surface area contributed by atoms with E-state index >= 15 is 0 Å². The minimum absolute atomic E-state index is 0.415. The third kappa shape index (κ3) is 9.77. The van der Waals surface area contributed by atoms with Crippen LogP contribution in [0.4, 0.5) is 5.69 Å². The third-order valence-electron chi connectivity index (χ3n) is 4.39. The van der Waals surface area contributed by atoms with Crippen LogP contribution in [0, 0.1) is 0 Å². The molecule has 0 saturated carbocycles. The van der Waals surface area contributed by atoms with Gasteiger partial charge in [0.2, 0.25) is 0 Å². The maximum absolute atomic E-state index is 6.34. The smallest absolute Gasteiger partial charge is 0.191 e. The van der Waals surface area contributed by atoms with E-state index < -0.39 is 0 Å². The maximum Gasteiger partial charge on any atom is 0.191 e. The molecular formula is C23H30ClN3OS. The Bertz CT molecular complexity index is 768. The number of benzene rings is 2. The number of halogens is 1. The van der Waals surface area contributed by atoms with E-state index in [1.165, 1.54) is 38.5 Å². The fourth-order valence-electron chi connectivity index (χ4n) is 2.79. The van der Waals surface area contributed by atoms with Gasteiger partial charge in [-0.1, -0.05) is 75.2 Å². The molecule has 0 unspecified atom stereocenters. The fourth-order valence-corrected chi connectivity index (χ4v) is 3.18. The molecule has 0 saturated heterocycles. The van der Waals surface area contributed by atoms with E-state index in [4.69, 9.17) is 28.6 Å². The van der Waals surface area contributed by atoms with Gasteiger partial charge in [0, 0.05) is 11.3 Å². The number of nitrogens with one attached hydrogen (secondary N) is 2. The first-order chi connectivity index (χ1) is 14.2. The van der Waals surface area contributed by atoms with Gasteiger partial charge in [0.1, 0.15) is 5.75 Å². The van der Waals surface area contributed by atoms with E-state index in [9.17, 15) is 0 Å². The Hall–Kier alpha value is -2.11. The number of nitrogens with zero attached hydrogens (tertiary/aromatic N) is 1. The van der Waals surface area contributed by atoms with Crippen LogP contribution in [-0.2, 0) is 0 Å². The van der Waals surface area contributed by atoms with Gasteiger partial charge in [-0.15, -0.1) is 0 Å². The highest BCUT2D eigenvalue weighted by Gasteiger charge is 2.02. The van der Waals surface area contributed by atoms with Crippen molar-refractivity contribution in [3.05, 3.63) is 59.1 Å². The monoisotopic (exact) mass is 431 g/mol. The van der Waals surface area contributed by atoms with E-state index in [2.05, 4.69) is 22.8 Å². The summed E-state index contributed by atoms with van der Waals surface area (Å²) in [7, 11) is 0. The lowest BCUT2D eigenvalue weighted by molar-refractivity contribution is 0.304. The Morgan fingerprint density at radius 2 is 1.76 bits per heavy atom. The number of hydrogen-bond acceptors (Lipinski definition) is 3. The normalized spacial score (nSPS) is 10.8. The second-order valence-corrected chi connectivity index (χ2v) is 7.66. The molecule has 156 valence electrons. The molecule has 0 aliphatic rings. The van der Waals surface area contributed by atoms with Gasteiger partial charge in [-0.25, -0.2) is 0 Å². The summed E-state index contributed by atoms with van der Waals surface area (Å²) in [5, 5.41) is 8.20. The van der Waals surface area contributed by atoms with Crippen LogP contribution in [0.5, 0.6) is 5.75 Å². The van der Waals surface area contributed by atoms with Crippen molar-refractivity contribution >= 4 is 40.8 Å². The molecule has 0 amide bonds. The maximum atomic E-state index is 6.34. The number of hydrazone groups is 1. The van der Waals surface area contributed by atoms with Crippen LogP contribution in [0.1, 0.15) is 57.4 Å². The molecule has 2 rings (SSSR count). The first kappa shape index (κ1) is 23.2. The molecule has 0 aromatic heterocycles. The average Bonchev–Trinajstić information content (AvgIpc) is 2.72. The molecule has 0 bridgehead atoms. The van der Waals surface area contributed by atoms with Gasteiger partial charge in [0.05, 0.1) is 17.8 Å². The molecule has 0 heterocycles. The molecule has 2 aromatic rings. The fraction of sp³-hybridized carbons (Fsp3) is 0.391. The minimum atomic E-state index is 0.415. The van der Waals surface area contributed by atoms with Crippen molar-refractivity contribution in [2.45, 2.75) is 51.9 Å². The molecule has 29 heavy (non-hydrogen) atoms. The van der Waals surface area contributed by atoms with Crippen LogP contribution in [0.15, 0.2) is 53.6 Å². The number of hydrogen-bond donors (Lipinski definition) is 2. The molecule has 2 aromatic carbocycles. The van der Waals surface area contributed by atoms with Crippen LogP contribution in [-0.4, -0.2) is 17.9 Å². The largest absolute Gasteiger partial charge is 0.494 e. The zero-order valence-corrected chi connectivity index (χ0v) is 18.6. The van der Waals surface area contributed by atoms with E-state index in [0.29, 0.717) is 10.1 Å². The topological polar surface area (TPSA) is 45.6 Å². The SMILES string of the molecule is CCCCCCCCCOc1ccc(/C=N/NC(=S)Nc2ccccc2)c(Cl)c1. The lowest BCUT2D eigenvalue weighted by Crippen LogP contribution is -2.23. The van der Waals surface area contributed by atoms with Gasteiger partial charge >= 0.3 is 0 Å².